The summed E-state index contributed by atoms with van der Waals surface area (Å²) in [6, 6.07) is 52.7. The average molecular weight is 1050 g/mol. The van der Waals surface area contributed by atoms with Crippen molar-refractivity contribution in [1.29, 1.82) is 0 Å². The van der Waals surface area contributed by atoms with Crippen molar-refractivity contribution < 1.29 is 33.3 Å². The first kappa shape index (κ1) is 43.7. The maximum atomic E-state index is 12.8. The van der Waals surface area contributed by atoms with E-state index in [1.807, 2.05) is 54.7 Å². The summed E-state index contributed by atoms with van der Waals surface area (Å²) < 4.78 is 28.0. The maximum absolute atomic E-state index is 12.8. The molecule has 0 unspecified atom stereocenters. The van der Waals surface area contributed by atoms with Crippen LogP contribution in [-0.4, -0.2) is 27.6 Å². The number of benzene rings is 6. The number of fused-ring (bicyclic) bond motifs is 7. The molecule has 5 heterocycles. The van der Waals surface area contributed by atoms with E-state index in [2.05, 4.69) is 142 Å². The normalized spacial score (nSPS) is 11.8. The van der Waals surface area contributed by atoms with Gasteiger partial charge in [-0.1, -0.05) is 126 Å². The van der Waals surface area contributed by atoms with Crippen LogP contribution in [-0.2, 0) is 20.1 Å². The van der Waals surface area contributed by atoms with Gasteiger partial charge in [0.15, 0.2) is 0 Å². The Balaban J connectivity index is 0.000000250. The quantitative estimate of drug-likeness (QED) is 0.117. The number of hydrogen-bond acceptors (Lipinski definition) is 5. The number of pyridine rings is 2. The molecule has 0 fully saturated rings. The van der Waals surface area contributed by atoms with Gasteiger partial charge in [-0.2, -0.15) is 0 Å². The molecule has 5 aromatic heterocycles. The van der Waals surface area contributed by atoms with E-state index in [1.165, 1.54) is 45.3 Å². The van der Waals surface area contributed by atoms with E-state index in [0.29, 0.717) is 16.9 Å². The average Bonchev–Trinajstić information content (AvgIpc) is 3.99. The smallest absolute Gasteiger partial charge is 0.228 e. The third-order valence-corrected chi connectivity index (χ3v) is 14.0. The zero-order chi connectivity index (χ0) is 44.3. The zero-order valence-corrected chi connectivity index (χ0v) is 40.7. The largest absolute Gasteiger partial charge is 0.499 e. The third-order valence-electron chi connectivity index (χ3n) is 12.0. The molecule has 0 saturated heterocycles. The Morgan fingerprint density at radius 1 is 0.662 bits per heavy atom. The molecular formula is C56H47FIrN4O2Si-2. The molecule has 0 bridgehead atoms. The summed E-state index contributed by atoms with van der Waals surface area (Å²) in [6.45, 7) is 15.9. The minimum absolute atomic E-state index is 0. The molecule has 0 amide bonds. The van der Waals surface area contributed by atoms with E-state index >= 15 is 0 Å². The number of halogens is 1. The first-order valence-corrected chi connectivity index (χ1v) is 25.3. The van der Waals surface area contributed by atoms with Crippen LogP contribution < -0.4 is 5.19 Å². The molecule has 0 spiro atoms. The third kappa shape index (κ3) is 8.14. The van der Waals surface area contributed by atoms with Crippen LogP contribution in [0.25, 0.3) is 94.6 Å². The van der Waals surface area contributed by atoms with Gasteiger partial charge in [0.05, 0.1) is 35.9 Å². The number of imidazole rings is 1. The van der Waals surface area contributed by atoms with Gasteiger partial charge in [0.25, 0.3) is 0 Å². The fraction of sp³-hybridized carbons (Fsp3) is 0.161. The van der Waals surface area contributed by atoms with Crippen LogP contribution in [0.5, 0.6) is 0 Å². The second-order valence-electron chi connectivity index (χ2n) is 18.0. The van der Waals surface area contributed by atoms with Crippen molar-refractivity contribution in [3.63, 3.8) is 0 Å². The minimum Gasteiger partial charge on any atom is -0.499 e. The summed E-state index contributed by atoms with van der Waals surface area (Å²) in [5.74, 6) is 1.05. The number of hydrogen-bond donors (Lipinski definition) is 0. The molecule has 325 valence electrons. The van der Waals surface area contributed by atoms with Crippen LogP contribution >= 0.6 is 0 Å². The van der Waals surface area contributed by atoms with Crippen molar-refractivity contribution in [3.8, 4) is 39.5 Å². The van der Waals surface area contributed by atoms with Crippen molar-refractivity contribution in [3.05, 3.63) is 175 Å². The molecule has 0 saturated carbocycles. The molecule has 6 nitrogen and oxygen atoms in total. The Kier molecular flexibility index (Phi) is 11.7. The Labute approximate surface area is 392 Å². The van der Waals surface area contributed by atoms with Gasteiger partial charge in [0, 0.05) is 43.2 Å². The summed E-state index contributed by atoms with van der Waals surface area (Å²) in [5, 5.41) is 4.18. The molecule has 0 aliphatic heterocycles. The van der Waals surface area contributed by atoms with Crippen LogP contribution in [0.15, 0.2) is 155 Å². The van der Waals surface area contributed by atoms with E-state index in [-0.39, 0.29) is 37.8 Å². The van der Waals surface area contributed by atoms with Gasteiger partial charge in [-0.05, 0) is 86.8 Å². The van der Waals surface area contributed by atoms with E-state index in [4.69, 9.17) is 18.8 Å². The summed E-state index contributed by atoms with van der Waals surface area (Å²) in [5.41, 5.74) is 14.2. The van der Waals surface area contributed by atoms with E-state index < -0.39 is 8.07 Å². The minimum atomic E-state index is -1.30. The van der Waals surface area contributed by atoms with Gasteiger partial charge in [-0.3, -0.25) is 9.37 Å². The van der Waals surface area contributed by atoms with Gasteiger partial charge in [0.1, 0.15) is 16.7 Å². The summed E-state index contributed by atoms with van der Waals surface area (Å²) in [6.07, 6.45) is 1.93. The second kappa shape index (κ2) is 17.5. The number of rotatable bonds is 7. The molecule has 0 N–H and O–H groups in total. The number of para-hydroxylation sites is 3. The van der Waals surface area contributed by atoms with Crippen LogP contribution in [0.2, 0.25) is 19.6 Å². The SMILES string of the molecule is CC(C)c1cc(-c2ccccc2)cc(C(C)C)c1-n1c(-c2[c-]ccc3c2oc2cc4c(nc23)oc2ccccc24)nc2ccccc21.C[Si](C)(C)c1ccc(-c2[c-]cc(F)cc2)nc1.[Ir]. The molecular weight excluding hydrogens is 1000 g/mol. The van der Waals surface area contributed by atoms with Crippen molar-refractivity contribution in [2.75, 3.05) is 0 Å². The Morgan fingerprint density at radius 3 is 2.08 bits per heavy atom. The second-order valence-corrected chi connectivity index (χ2v) is 23.1. The summed E-state index contributed by atoms with van der Waals surface area (Å²) in [4.78, 5) is 14.7. The van der Waals surface area contributed by atoms with Gasteiger partial charge < -0.3 is 18.4 Å². The van der Waals surface area contributed by atoms with Crippen LogP contribution in [0, 0.1) is 17.9 Å². The van der Waals surface area contributed by atoms with Crippen molar-refractivity contribution in [1.82, 2.24) is 19.5 Å². The molecule has 65 heavy (non-hydrogen) atoms. The van der Waals surface area contributed by atoms with Gasteiger partial charge in [0.2, 0.25) is 5.71 Å². The first-order chi connectivity index (χ1) is 30.9. The molecule has 1 radical (unpaired) electrons. The summed E-state index contributed by atoms with van der Waals surface area (Å²) in [7, 11) is -1.30. The molecule has 6 aromatic carbocycles. The Hall–Kier alpha value is -6.51. The number of aromatic nitrogens is 4. The van der Waals surface area contributed by atoms with E-state index in [9.17, 15) is 4.39 Å². The van der Waals surface area contributed by atoms with E-state index in [1.54, 1.807) is 6.07 Å². The van der Waals surface area contributed by atoms with Crippen molar-refractivity contribution in [2.45, 2.75) is 59.2 Å². The Bertz CT molecular complexity index is 3470. The molecule has 0 aliphatic rings. The molecule has 11 aromatic rings. The van der Waals surface area contributed by atoms with Crippen LogP contribution in [0.4, 0.5) is 4.39 Å². The van der Waals surface area contributed by atoms with Gasteiger partial charge in [-0.25, -0.2) is 4.98 Å². The van der Waals surface area contributed by atoms with Crippen LogP contribution in [0.1, 0.15) is 50.7 Å². The van der Waals surface area contributed by atoms with Gasteiger partial charge in [-0.15, -0.1) is 48.0 Å². The summed E-state index contributed by atoms with van der Waals surface area (Å²) >= 11 is 0. The zero-order valence-electron chi connectivity index (χ0n) is 37.3. The van der Waals surface area contributed by atoms with Crippen LogP contribution in [0.3, 0.4) is 0 Å². The molecule has 0 atom stereocenters. The van der Waals surface area contributed by atoms with Gasteiger partial charge >= 0.3 is 0 Å². The van der Waals surface area contributed by atoms with Crippen molar-refractivity contribution >= 4 is 68.4 Å². The predicted octanol–water partition coefficient (Wildman–Crippen LogP) is 14.8. The van der Waals surface area contributed by atoms with E-state index in [0.717, 1.165) is 60.9 Å². The fourth-order valence-corrected chi connectivity index (χ4v) is 9.59. The number of furan rings is 2. The topological polar surface area (TPSA) is 69.9 Å². The predicted molar refractivity (Wildman–Crippen MR) is 263 cm³/mol. The standard InChI is InChI=1S/C42H32N3O2.C14H15FNSi.Ir/c1-24(2)31-21-27(26-13-6-5-7-14-26)22-32(25(3)4)39(31)45-35-19-10-9-18-34(35)43-41(45)30-17-12-16-29-38-37(46-40(29)30)23-33-28-15-8-11-20-36(28)47-42(33)44-38;1-17(2,3)13-8-9-14(16-10-13)11-4-6-12(15)7-5-11;/h5-16,18-25H,1-4H3;4,6-10H,1-3H3;/q2*-1;. The Morgan fingerprint density at radius 2 is 1.38 bits per heavy atom. The first-order valence-electron chi connectivity index (χ1n) is 21.8. The fourth-order valence-electron chi connectivity index (χ4n) is 8.55. The molecule has 0 aliphatic carbocycles. The number of nitrogens with zero attached hydrogens (tertiary/aromatic N) is 4. The molecule has 11 rings (SSSR count). The molecule has 9 heteroatoms. The maximum Gasteiger partial charge on any atom is 0.228 e. The monoisotopic (exact) mass is 1050 g/mol. The van der Waals surface area contributed by atoms with Crippen molar-refractivity contribution in [2.24, 2.45) is 0 Å².